The number of aromatic nitrogens is 2. The molecule has 0 radical (unpaired) electrons. The Morgan fingerprint density at radius 1 is 1.14 bits per heavy atom. The Balaban J connectivity index is 2.05. The van der Waals surface area contributed by atoms with Crippen LogP contribution in [0.2, 0.25) is 0 Å². The van der Waals surface area contributed by atoms with Crippen molar-refractivity contribution in [2.45, 2.75) is 44.1 Å². The van der Waals surface area contributed by atoms with Crippen LogP contribution >= 0.6 is 23.5 Å². The van der Waals surface area contributed by atoms with Crippen molar-refractivity contribution in [3.8, 4) is 0 Å². The van der Waals surface area contributed by atoms with E-state index in [4.69, 9.17) is 25.2 Å². The van der Waals surface area contributed by atoms with Gasteiger partial charge in [0, 0.05) is 12.6 Å². The Hall–Kier alpha value is -1.29. The summed E-state index contributed by atoms with van der Waals surface area (Å²) in [5, 5.41) is 10.3. The van der Waals surface area contributed by atoms with Crippen LogP contribution < -0.4 is 17.0 Å². The van der Waals surface area contributed by atoms with Crippen molar-refractivity contribution in [1.29, 1.82) is 0 Å². The fourth-order valence-electron chi connectivity index (χ4n) is 2.99. The minimum atomic E-state index is -5.68. The van der Waals surface area contributed by atoms with Crippen LogP contribution in [-0.4, -0.2) is 59.6 Å². The molecule has 0 amide bonds. The van der Waals surface area contributed by atoms with Crippen molar-refractivity contribution >= 4 is 29.5 Å². The lowest BCUT2D eigenvalue weighted by Crippen LogP contribution is -2.36. The second kappa shape index (κ2) is 12.3. The number of ether oxygens (including phenoxy) is 1. The molecule has 0 saturated carbocycles. The SMILES string of the molecule is NCCCC/C=C/c1cn([C@@H]2O[C@H](COP(=O)(O)OP(=O)(O)OP(=O)(O)O)CC2O)c(=O)[nH]c1=O. The molecule has 2 rings (SSSR count). The molecule has 35 heavy (non-hydrogen) atoms. The third-order valence-corrected chi connectivity index (χ3v) is 8.20. The van der Waals surface area contributed by atoms with E-state index in [2.05, 4.69) is 18.1 Å². The maximum absolute atomic E-state index is 12.2. The molecule has 17 nitrogen and oxygen atoms in total. The Kier molecular flexibility index (Phi) is 10.5. The first-order valence-corrected chi connectivity index (χ1v) is 14.5. The van der Waals surface area contributed by atoms with Gasteiger partial charge in [-0.1, -0.05) is 12.2 Å². The number of hydrogen-bond acceptors (Lipinski definition) is 11. The van der Waals surface area contributed by atoms with Gasteiger partial charge in [-0.2, -0.15) is 8.62 Å². The van der Waals surface area contributed by atoms with Crippen LogP contribution in [0.5, 0.6) is 0 Å². The van der Waals surface area contributed by atoms with Gasteiger partial charge in [-0.25, -0.2) is 18.5 Å². The highest BCUT2D eigenvalue weighted by Gasteiger charge is 2.42. The van der Waals surface area contributed by atoms with Crippen molar-refractivity contribution in [3.05, 3.63) is 38.7 Å². The summed E-state index contributed by atoms with van der Waals surface area (Å²) in [5.41, 5.74) is 3.95. The standard InChI is InChI=1S/C15H26N3O14P3/c16-6-4-2-1-3-5-10-8-18(15(21)17-13(10)20)14-12(19)7-11(30-14)9-29-34(25,26)32-35(27,28)31-33(22,23)24/h3,5,8,11-12,14,19H,1-2,4,6-7,9,16H2,(H,25,26)(H,27,28)(H,17,20,21)(H2,22,23,24)/b5-3+/t11-,12?,14+/m0/s1. The fraction of sp³-hybridized carbons (Fsp3) is 0.600. The zero-order chi connectivity index (χ0) is 26.4. The smallest absolute Gasteiger partial charge is 0.388 e. The number of phosphoric acid groups is 3. The molecule has 0 bridgehead atoms. The first kappa shape index (κ1) is 29.9. The van der Waals surface area contributed by atoms with Gasteiger partial charge < -0.3 is 35.2 Å². The van der Waals surface area contributed by atoms with Crippen molar-refractivity contribution in [2.75, 3.05) is 13.2 Å². The third kappa shape index (κ3) is 9.94. The van der Waals surface area contributed by atoms with Gasteiger partial charge in [0.2, 0.25) is 0 Å². The molecule has 0 spiro atoms. The average Bonchev–Trinajstić information content (AvgIpc) is 3.05. The lowest BCUT2D eigenvalue weighted by molar-refractivity contribution is -0.0524. The molecule has 0 aliphatic carbocycles. The number of unbranched alkanes of at least 4 members (excludes halogenated alkanes) is 2. The maximum atomic E-state index is 12.2. The predicted molar refractivity (Wildman–Crippen MR) is 118 cm³/mol. The van der Waals surface area contributed by atoms with Crippen molar-refractivity contribution < 1.29 is 56.3 Å². The van der Waals surface area contributed by atoms with E-state index in [-0.39, 0.29) is 12.0 Å². The molecular formula is C15H26N3O14P3. The van der Waals surface area contributed by atoms with E-state index in [0.29, 0.717) is 13.0 Å². The van der Waals surface area contributed by atoms with Gasteiger partial charge in [-0.3, -0.25) is 18.9 Å². The number of phosphoric ester groups is 1. The zero-order valence-electron chi connectivity index (χ0n) is 18.0. The number of aromatic amines is 1. The molecule has 200 valence electrons. The third-order valence-electron chi connectivity index (χ3n) is 4.40. The van der Waals surface area contributed by atoms with Crippen LogP contribution in [0.1, 0.15) is 37.5 Å². The second-order valence-electron chi connectivity index (χ2n) is 7.28. The molecule has 5 atom stereocenters. The van der Waals surface area contributed by atoms with Gasteiger partial charge >= 0.3 is 29.2 Å². The summed E-state index contributed by atoms with van der Waals surface area (Å²) in [6.07, 6.45) is 2.60. The quantitative estimate of drug-likeness (QED) is 0.119. The topological polar surface area (TPSA) is 270 Å². The Labute approximate surface area is 197 Å². The molecule has 1 aromatic heterocycles. The highest BCUT2D eigenvalue weighted by atomic mass is 31.3. The number of aliphatic hydroxyl groups is 1. The molecule has 1 aliphatic rings. The molecule has 3 unspecified atom stereocenters. The Morgan fingerprint density at radius 3 is 2.46 bits per heavy atom. The summed E-state index contributed by atoms with van der Waals surface area (Å²) in [5.74, 6) is 0. The largest absolute Gasteiger partial charge is 0.490 e. The summed E-state index contributed by atoms with van der Waals surface area (Å²) in [7, 11) is -16.6. The number of nitrogens with one attached hydrogen (secondary N) is 1. The Bertz CT molecular complexity index is 1160. The number of nitrogens with zero attached hydrogens (tertiary/aromatic N) is 1. The summed E-state index contributed by atoms with van der Waals surface area (Å²) in [4.78, 5) is 62.1. The van der Waals surface area contributed by atoms with Gasteiger partial charge in [-0.05, 0) is 25.8 Å². The fourth-order valence-corrected chi connectivity index (χ4v) is 6.04. The highest BCUT2D eigenvalue weighted by Crippen LogP contribution is 2.66. The van der Waals surface area contributed by atoms with Gasteiger partial charge in [0.05, 0.1) is 18.3 Å². The van der Waals surface area contributed by atoms with Gasteiger partial charge in [0.1, 0.15) is 6.10 Å². The van der Waals surface area contributed by atoms with E-state index in [1.54, 1.807) is 6.08 Å². The van der Waals surface area contributed by atoms with Crippen molar-refractivity contribution in [2.24, 2.45) is 5.73 Å². The summed E-state index contributed by atoms with van der Waals surface area (Å²) in [6.45, 7) is -0.275. The average molecular weight is 565 g/mol. The normalized spacial score (nSPS) is 24.5. The molecular weight excluding hydrogens is 539 g/mol. The molecule has 1 fully saturated rings. The first-order chi connectivity index (χ1) is 16.1. The van der Waals surface area contributed by atoms with Gasteiger partial charge in [0.15, 0.2) is 6.23 Å². The zero-order valence-corrected chi connectivity index (χ0v) is 20.7. The maximum Gasteiger partial charge on any atom is 0.490 e. The van der Waals surface area contributed by atoms with Crippen LogP contribution in [0.15, 0.2) is 21.9 Å². The first-order valence-electron chi connectivity index (χ1n) is 9.96. The molecule has 1 aromatic rings. The van der Waals surface area contributed by atoms with Crippen LogP contribution in [-0.2, 0) is 31.6 Å². The molecule has 2 heterocycles. The van der Waals surface area contributed by atoms with Crippen LogP contribution in [0.25, 0.3) is 6.08 Å². The molecule has 1 saturated heterocycles. The van der Waals surface area contributed by atoms with Gasteiger partial charge in [0.25, 0.3) is 5.56 Å². The number of rotatable bonds is 13. The number of hydrogen-bond donors (Lipinski definition) is 7. The van der Waals surface area contributed by atoms with E-state index in [9.17, 15) is 33.3 Å². The van der Waals surface area contributed by atoms with Crippen molar-refractivity contribution in [3.63, 3.8) is 0 Å². The lowest BCUT2D eigenvalue weighted by atomic mass is 10.2. The number of aliphatic hydroxyl groups excluding tert-OH is 1. The van der Waals surface area contributed by atoms with E-state index < -0.39 is 59.8 Å². The van der Waals surface area contributed by atoms with E-state index in [0.717, 1.165) is 17.4 Å². The van der Waals surface area contributed by atoms with Crippen LogP contribution in [0.4, 0.5) is 0 Å². The van der Waals surface area contributed by atoms with Crippen LogP contribution in [0, 0.1) is 0 Å². The molecule has 8 N–H and O–H groups in total. The molecule has 0 aromatic carbocycles. The minimum absolute atomic E-state index is 0.102. The van der Waals surface area contributed by atoms with E-state index >= 15 is 0 Å². The summed E-state index contributed by atoms with van der Waals surface area (Å²) < 4.78 is 51.9. The monoisotopic (exact) mass is 565 g/mol. The summed E-state index contributed by atoms with van der Waals surface area (Å²) in [6, 6.07) is 0. The molecule has 20 heteroatoms. The number of allylic oxidation sites excluding steroid dienone is 1. The highest BCUT2D eigenvalue weighted by molar-refractivity contribution is 7.66. The number of H-pyrrole nitrogens is 1. The van der Waals surface area contributed by atoms with Crippen molar-refractivity contribution in [1.82, 2.24) is 9.55 Å². The molecule has 1 aliphatic heterocycles. The van der Waals surface area contributed by atoms with E-state index in [1.807, 2.05) is 0 Å². The lowest BCUT2D eigenvalue weighted by Gasteiger charge is -2.19. The predicted octanol–water partition coefficient (Wildman–Crippen LogP) is -0.329. The summed E-state index contributed by atoms with van der Waals surface area (Å²) >= 11 is 0. The second-order valence-corrected chi connectivity index (χ2v) is 11.7. The van der Waals surface area contributed by atoms with E-state index in [1.165, 1.54) is 12.3 Å². The van der Waals surface area contributed by atoms with Crippen LogP contribution in [0.3, 0.4) is 0 Å². The van der Waals surface area contributed by atoms with Gasteiger partial charge in [-0.15, -0.1) is 0 Å². The Morgan fingerprint density at radius 2 is 1.83 bits per heavy atom. The minimum Gasteiger partial charge on any atom is -0.388 e. The number of nitrogens with two attached hydrogens (primary N) is 1.